The summed E-state index contributed by atoms with van der Waals surface area (Å²) in [5.41, 5.74) is 0.578. The van der Waals surface area contributed by atoms with Crippen LogP contribution in [-0.2, 0) is 4.79 Å². The summed E-state index contributed by atoms with van der Waals surface area (Å²) in [4.78, 5) is 30.5. The summed E-state index contributed by atoms with van der Waals surface area (Å²) >= 11 is 0. The first-order valence-electron chi connectivity index (χ1n) is 6.30. The molecule has 1 aliphatic heterocycles. The molecule has 1 aromatic heterocycles. The van der Waals surface area contributed by atoms with Gasteiger partial charge in [-0.15, -0.1) is 0 Å². The van der Waals surface area contributed by atoms with Gasteiger partial charge in [-0.05, 0) is 18.6 Å². The van der Waals surface area contributed by atoms with Crippen LogP contribution in [-0.4, -0.2) is 64.5 Å². The molecule has 1 N–H and O–H groups in total. The zero-order valence-corrected chi connectivity index (χ0v) is 10.7. The normalized spacial score (nSPS) is 16.9. The van der Waals surface area contributed by atoms with Crippen LogP contribution in [0.3, 0.4) is 0 Å². The van der Waals surface area contributed by atoms with E-state index in [0.29, 0.717) is 31.7 Å². The van der Waals surface area contributed by atoms with E-state index in [-0.39, 0.29) is 12.5 Å². The number of nitrogens with zero attached hydrogens (tertiary/aromatic N) is 3. The van der Waals surface area contributed by atoms with E-state index in [1.807, 2.05) is 4.90 Å². The van der Waals surface area contributed by atoms with E-state index in [1.165, 1.54) is 0 Å². The van der Waals surface area contributed by atoms with E-state index in [1.54, 1.807) is 29.4 Å². The Kier molecular flexibility index (Phi) is 4.46. The largest absolute Gasteiger partial charge is 0.480 e. The van der Waals surface area contributed by atoms with E-state index >= 15 is 0 Å². The molecule has 1 aliphatic rings. The van der Waals surface area contributed by atoms with Gasteiger partial charge in [0.05, 0.1) is 12.1 Å². The van der Waals surface area contributed by atoms with Crippen LogP contribution in [0.5, 0.6) is 0 Å². The van der Waals surface area contributed by atoms with Crippen molar-refractivity contribution in [3.63, 3.8) is 0 Å². The first-order chi connectivity index (χ1) is 9.16. The molecule has 1 fully saturated rings. The molecule has 0 aromatic carbocycles. The Morgan fingerprint density at radius 3 is 2.79 bits per heavy atom. The molecule has 0 spiro atoms. The second-order valence-corrected chi connectivity index (χ2v) is 4.56. The maximum Gasteiger partial charge on any atom is 0.317 e. The highest BCUT2D eigenvalue weighted by Crippen LogP contribution is 2.08. The highest BCUT2D eigenvalue weighted by atomic mass is 16.4. The van der Waals surface area contributed by atoms with Gasteiger partial charge in [-0.25, -0.2) is 0 Å². The van der Waals surface area contributed by atoms with Crippen molar-refractivity contribution in [2.24, 2.45) is 0 Å². The third kappa shape index (κ3) is 3.75. The average molecular weight is 263 g/mol. The quantitative estimate of drug-likeness (QED) is 0.850. The maximum atomic E-state index is 12.2. The van der Waals surface area contributed by atoms with Crippen molar-refractivity contribution in [3.8, 4) is 0 Å². The molecule has 0 unspecified atom stereocenters. The van der Waals surface area contributed by atoms with E-state index < -0.39 is 5.97 Å². The number of rotatable bonds is 3. The Hall–Kier alpha value is -1.95. The SMILES string of the molecule is O=C(O)CN1CCCN(C(=O)c2cccnc2)CC1. The fourth-order valence-electron chi connectivity index (χ4n) is 2.20. The highest BCUT2D eigenvalue weighted by molar-refractivity contribution is 5.93. The van der Waals surface area contributed by atoms with Crippen LogP contribution >= 0.6 is 0 Å². The molecule has 2 rings (SSSR count). The van der Waals surface area contributed by atoms with Gasteiger partial charge in [0.2, 0.25) is 0 Å². The lowest BCUT2D eigenvalue weighted by molar-refractivity contribution is -0.138. The molecule has 0 atom stereocenters. The molecule has 0 radical (unpaired) electrons. The second-order valence-electron chi connectivity index (χ2n) is 4.56. The van der Waals surface area contributed by atoms with Crippen molar-refractivity contribution in [2.45, 2.75) is 6.42 Å². The molecule has 1 amide bonds. The van der Waals surface area contributed by atoms with E-state index in [2.05, 4.69) is 4.98 Å². The van der Waals surface area contributed by atoms with Crippen molar-refractivity contribution in [1.29, 1.82) is 0 Å². The first kappa shape index (κ1) is 13.5. The van der Waals surface area contributed by atoms with Gasteiger partial charge >= 0.3 is 5.97 Å². The van der Waals surface area contributed by atoms with Gasteiger partial charge < -0.3 is 10.0 Å². The van der Waals surface area contributed by atoms with Crippen LogP contribution in [0.1, 0.15) is 16.8 Å². The van der Waals surface area contributed by atoms with E-state index in [9.17, 15) is 9.59 Å². The zero-order valence-electron chi connectivity index (χ0n) is 10.7. The van der Waals surface area contributed by atoms with Gasteiger partial charge in [0, 0.05) is 38.6 Å². The third-order valence-electron chi connectivity index (χ3n) is 3.14. The smallest absolute Gasteiger partial charge is 0.317 e. The Labute approximate surface area is 111 Å². The predicted molar refractivity (Wildman–Crippen MR) is 68.8 cm³/mol. The molecule has 1 aromatic rings. The molecule has 102 valence electrons. The van der Waals surface area contributed by atoms with Crippen molar-refractivity contribution in [2.75, 3.05) is 32.7 Å². The van der Waals surface area contributed by atoms with E-state index in [0.717, 1.165) is 6.42 Å². The zero-order chi connectivity index (χ0) is 13.7. The number of amides is 1. The van der Waals surface area contributed by atoms with Gasteiger partial charge in [-0.3, -0.25) is 19.5 Å². The first-order valence-corrected chi connectivity index (χ1v) is 6.30. The van der Waals surface area contributed by atoms with Crippen LogP contribution in [0.4, 0.5) is 0 Å². The Bertz CT molecular complexity index is 450. The molecular weight excluding hydrogens is 246 g/mol. The van der Waals surface area contributed by atoms with E-state index in [4.69, 9.17) is 5.11 Å². The summed E-state index contributed by atoms with van der Waals surface area (Å²) < 4.78 is 0. The maximum absolute atomic E-state index is 12.2. The minimum absolute atomic E-state index is 0.0366. The monoisotopic (exact) mass is 263 g/mol. The van der Waals surface area contributed by atoms with Crippen molar-refractivity contribution < 1.29 is 14.7 Å². The number of pyridine rings is 1. The summed E-state index contributed by atoms with van der Waals surface area (Å²) in [6.45, 7) is 2.56. The molecule has 2 heterocycles. The van der Waals surface area contributed by atoms with Crippen LogP contribution in [0, 0.1) is 0 Å². The number of carbonyl (C=O) groups is 2. The van der Waals surface area contributed by atoms with Crippen LogP contribution in [0.15, 0.2) is 24.5 Å². The van der Waals surface area contributed by atoms with Crippen molar-refractivity contribution >= 4 is 11.9 Å². The number of aromatic nitrogens is 1. The third-order valence-corrected chi connectivity index (χ3v) is 3.14. The molecule has 19 heavy (non-hydrogen) atoms. The molecular formula is C13H17N3O3. The number of hydrogen-bond acceptors (Lipinski definition) is 4. The van der Waals surface area contributed by atoms with Gasteiger partial charge in [0.15, 0.2) is 0 Å². The summed E-state index contributed by atoms with van der Waals surface area (Å²) in [5.74, 6) is -0.864. The van der Waals surface area contributed by atoms with Crippen molar-refractivity contribution in [1.82, 2.24) is 14.8 Å². The highest BCUT2D eigenvalue weighted by Gasteiger charge is 2.21. The fourth-order valence-corrected chi connectivity index (χ4v) is 2.20. The lowest BCUT2D eigenvalue weighted by atomic mass is 10.2. The summed E-state index contributed by atoms with van der Waals surface area (Å²) in [6.07, 6.45) is 3.98. The van der Waals surface area contributed by atoms with Crippen LogP contribution in [0.2, 0.25) is 0 Å². The molecule has 6 nitrogen and oxygen atoms in total. The Morgan fingerprint density at radius 2 is 2.11 bits per heavy atom. The minimum atomic E-state index is -0.827. The van der Waals surface area contributed by atoms with Crippen LogP contribution in [0.25, 0.3) is 0 Å². The summed E-state index contributed by atoms with van der Waals surface area (Å²) in [6, 6.07) is 3.48. The molecule has 0 aliphatic carbocycles. The molecule has 1 saturated heterocycles. The predicted octanol–water partition coefficient (Wildman–Crippen LogP) is 0.314. The van der Waals surface area contributed by atoms with Gasteiger partial charge in [0.1, 0.15) is 0 Å². The molecule has 0 saturated carbocycles. The van der Waals surface area contributed by atoms with Crippen LogP contribution < -0.4 is 0 Å². The standard InChI is InChI=1S/C13H17N3O3/c17-12(18)10-15-5-2-6-16(8-7-15)13(19)11-3-1-4-14-9-11/h1,3-4,9H,2,5-8,10H2,(H,17,18). The van der Waals surface area contributed by atoms with Crippen molar-refractivity contribution in [3.05, 3.63) is 30.1 Å². The van der Waals surface area contributed by atoms with Gasteiger partial charge in [-0.1, -0.05) is 0 Å². The number of carboxylic acid groups (broad SMARTS) is 1. The number of aliphatic carboxylic acids is 1. The Balaban J connectivity index is 1.96. The Morgan fingerprint density at radius 1 is 1.26 bits per heavy atom. The molecule has 6 heteroatoms. The summed E-state index contributed by atoms with van der Waals surface area (Å²) in [5, 5.41) is 8.78. The lowest BCUT2D eigenvalue weighted by Crippen LogP contribution is -2.36. The van der Waals surface area contributed by atoms with Gasteiger partial charge in [-0.2, -0.15) is 0 Å². The van der Waals surface area contributed by atoms with Gasteiger partial charge in [0.25, 0.3) is 5.91 Å². The topological polar surface area (TPSA) is 73.7 Å². The summed E-state index contributed by atoms with van der Waals surface area (Å²) in [7, 11) is 0. The lowest BCUT2D eigenvalue weighted by Gasteiger charge is -2.21. The molecule has 0 bridgehead atoms. The average Bonchev–Trinajstić information content (AvgIpc) is 2.64. The minimum Gasteiger partial charge on any atom is -0.480 e. The number of hydrogen-bond donors (Lipinski definition) is 1. The number of carbonyl (C=O) groups excluding carboxylic acids is 1. The fraction of sp³-hybridized carbons (Fsp3) is 0.462. The number of carboxylic acids is 1. The second kappa shape index (κ2) is 6.29.